The van der Waals surface area contributed by atoms with Gasteiger partial charge in [0.1, 0.15) is 17.2 Å². The molecule has 9 nitrogen and oxygen atoms in total. The van der Waals surface area contributed by atoms with Crippen molar-refractivity contribution in [1.29, 1.82) is 0 Å². The van der Waals surface area contributed by atoms with Gasteiger partial charge in [-0.2, -0.15) is 0 Å². The van der Waals surface area contributed by atoms with E-state index in [0.717, 1.165) is 33.4 Å². The van der Waals surface area contributed by atoms with Crippen LogP contribution >= 0.6 is 0 Å². The van der Waals surface area contributed by atoms with Crippen LogP contribution in [0.4, 0.5) is 0 Å². The third-order valence-corrected chi connectivity index (χ3v) is 12.0. The zero-order valence-corrected chi connectivity index (χ0v) is 42.1. The minimum absolute atomic E-state index is 0.0194. The van der Waals surface area contributed by atoms with Crippen LogP contribution in [0.1, 0.15) is 195 Å². The molecular formula is C54H81N3O6. The predicted octanol–water partition coefficient (Wildman–Crippen LogP) is 12.0. The largest absolute Gasteiger partial charge is 0.508 e. The lowest BCUT2D eigenvalue weighted by atomic mass is 9.78. The summed E-state index contributed by atoms with van der Waals surface area (Å²) in [6, 6.07) is 16.3. The first kappa shape index (κ1) is 51.1. The number of rotatable bonds is 9. The van der Waals surface area contributed by atoms with Crippen LogP contribution in [0.2, 0.25) is 0 Å². The van der Waals surface area contributed by atoms with Gasteiger partial charge in [-0.1, -0.05) is 161 Å². The van der Waals surface area contributed by atoms with Gasteiger partial charge in [0.05, 0.1) is 37.8 Å². The fraction of sp³-hybridized carbons (Fsp3) is 0.611. The number of hydrogen-bond acceptors (Lipinski definition) is 6. The molecule has 1 aliphatic heterocycles. The number of aromatic hydroxyl groups is 3. The molecule has 1 aliphatic rings. The van der Waals surface area contributed by atoms with Crippen LogP contribution in [0, 0.1) is 16.2 Å². The van der Waals surface area contributed by atoms with Crippen LogP contribution in [0.15, 0.2) is 54.6 Å². The van der Waals surface area contributed by atoms with Crippen molar-refractivity contribution in [2.45, 2.75) is 178 Å². The average molecular weight is 868 g/mol. The second-order valence-corrected chi connectivity index (χ2v) is 25.1. The summed E-state index contributed by atoms with van der Waals surface area (Å²) < 4.78 is 0. The van der Waals surface area contributed by atoms with E-state index in [1.54, 1.807) is 32.9 Å². The topological polar surface area (TPSA) is 122 Å². The Morgan fingerprint density at radius 2 is 0.619 bits per heavy atom. The summed E-state index contributed by atoms with van der Waals surface area (Å²) in [7, 11) is 0. The summed E-state index contributed by atoms with van der Waals surface area (Å²) in [6.07, 6.45) is 1.47. The van der Waals surface area contributed by atoms with E-state index in [1.165, 1.54) is 0 Å². The Balaban J connectivity index is 1.94. The fourth-order valence-electron chi connectivity index (χ4n) is 8.83. The number of amides is 3. The van der Waals surface area contributed by atoms with Crippen LogP contribution in [0.5, 0.6) is 17.2 Å². The highest BCUT2D eigenvalue weighted by atomic mass is 16.3. The highest BCUT2D eigenvalue weighted by Gasteiger charge is 2.42. The standard InChI is InChI=1S/C54H81N3O6/c1-49(2,3)28-37(34-19-22-43(58)40(25-34)52(10,11)12)46(61)55-31-56(47(62)38(29-50(4,5)6)35-20-23-44(59)41(26-35)53(13,14)15)33-57(32-55)48(63)39(30-51(7,8)9)36-21-24-45(60)42(27-36)54(16,17)18/h19-27,37-39,58-60H,28-33H2,1-18H3. The highest BCUT2D eigenvalue weighted by molar-refractivity contribution is 5.89. The Morgan fingerprint density at radius 3 is 0.794 bits per heavy atom. The lowest BCUT2D eigenvalue weighted by Crippen LogP contribution is -2.61. The maximum Gasteiger partial charge on any atom is 0.232 e. The number of nitrogens with zero attached hydrogens (tertiary/aromatic N) is 3. The molecule has 9 heteroatoms. The second kappa shape index (κ2) is 18.2. The van der Waals surface area contributed by atoms with E-state index in [9.17, 15) is 15.3 Å². The molecule has 0 aliphatic carbocycles. The van der Waals surface area contributed by atoms with E-state index in [4.69, 9.17) is 0 Å². The van der Waals surface area contributed by atoms with Gasteiger partial charge in [0, 0.05) is 0 Å². The molecule has 1 fully saturated rings. The molecule has 3 unspecified atom stereocenters. The monoisotopic (exact) mass is 868 g/mol. The Morgan fingerprint density at radius 1 is 0.413 bits per heavy atom. The summed E-state index contributed by atoms with van der Waals surface area (Å²) >= 11 is 0. The molecule has 3 amide bonds. The summed E-state index contributed by atoms with van der Waals surface area (Å²) in [6.45, 7) is 37.1. The number of phenolic OH excluding ortho intramolecular Hbond substituents is 3. The Kier molecular flexibility index (Phi) is 14.7. The zero-order valence-electron chi connectivity index (χ0n) is 42.1. The van der Waals surface area contributed by atoms with Gasteiger partial charge in [-0.15, -0.1) is 0 Å². The molecule has 0 radical (unpaired) electrons. The van der Waals surface area contributed by atoms with E-state index >= 15 is 14.4 Å². The first-order chi connectivity index (χ1) is 28.5. The highest BCUT2D eigenvalue weighted by Crippen LogP contribution is 2.42. The second-order valence-electron chi connectivity index (χ2n) is 25.1. The van der Waals surface area contributed by atoms with E-state index in [2.05, 4.69) is 62.3 Å². The molecule has 0 aromatic heterocycles. The molecule has 3 aromatic carbocycles. The average Bonchev–Trinajstić information content (AvgIpc) is 3.12. The van der Waals surface area contributed by atoms with Crippen LogP contribution < -0.4 is 0 Å². The van der Waals surface area contributed by atoms with Crippen molar-refractivity contribution in [2.24, 2.45) is 16.2 Å². The van der Waals surface area contributed by atoms with E-state index in [-0.39, 0.29) is 87.5 Å². The quantitative estimate of drug-likeness (QED) is 0.197. The third-order valence-electron chi connectivity index (χ3n) is 12.0. The van der Waals surface area contributed by atoms with Crippen molar-refractivity contribution in [3.63, 3.8) is 0 Å². The number of benzene rings is 3. The summed E-state index contributed by atoms with van der Waals surface area (Å²) in [5.41, 5.74) is 2.53. The molecule has 63 heavy (non-hydrogen) atoms. The number of carbonyl (C=O) groups is 3. The molecule has 1 saturated heterocycles. The van der Waals surface area contributed by atoms with Crippen LogP contribution in [-0.2, 0) is 30.6 Å². The molecule has 0 bridgehead atoms. The summed E-state index contributed by atoms with van der Waals surface area (Å²) in [5, 5.41) is 32.9. The van der Waals surface area contributed by atoms with Gasteiger partial charge in [-0.3, -0.25) is 14.4 Å². The third kappa shape index (κ3) is 13.3. The predicted molar refractivity (Wildman–Crippen MR) is 256 cm³/mol. The summed E-state index contributed by atoms with van der Waals surface area (Å²) in [5.74, 6) is -2.00. The molecule has 3 aromatic rings. The Labute approximate surface area is 380 Å². The van der Waals surface area contributed by atoms with Gasteiger partial charge < -0.3 is 30.0 Å². The van der Waals surface area contributed by atoms with Gasteiger partial charge in [0.25, 0.3) is 0 Å². The molecule has 1 heterocycles. The van der Waals surface area contributed by atoms with Gasteiger partial charge in [-0.05, 0) is 103 Å². The molecule has 3 N–H and O–H groups in total. The van der Waals surface area contributed by atoms with Crippen molar-refractivity contribution in [3.05, 3.63) is 88.0 Å². The van der Waals surface area contributed by atoms with E-state index in [1.807, 2.05) is 98.7 Å². The SMILES string of the molecule is CC(C)(C)CC(C(=O)N1CN(C(=O)C(CC(C)(C)C)c2ccc(O)c(C(C)(C)C)c2)CN(C(=O)C(CC(C)(C)C)c2ccc(O)c(C(C)(C)C)c2)C1)c1ccc(O)c(C(C)(C)C)c1. The lowest BCUT2D eigenvalue weighted by Gasteiger charge is -2.46. The number of hydrogen-bond donors (Lipinski definition) is 3. The number of phenols is 3. The zero-order chi connectivity index (χ0) is 48.0. The minimum atomic E-state index is -0.632. The van der Waals surface area contributed by atoms with Crippen molar-refractivity contribution in [3.8, 4) is 17.2 Å². The van der Waals surface area contributed by atoms with Crippen LogP contribution in [-0.4, -0.2) is 67.7 Å². The molecule has 3 atom stereocenters. The van der Waals surface area contributed by atoms with Crippen molar-refractivity contribution in [1.82, 2.24) is 14.7 Å². The Bertz CT molecular complexity index is 1880. The van der Waals surface area contributed by atoms with Crippen LogP contribution in [0.3, 0.4) is 0 Å². The van der Waals surface area contributed by atoms with Crippen molar-refractivity contribution < 1.29 is 29.7 Å². The molecule has 348 valence electrons. The van der Waals surface area contributed by atoms with Gasteiger partial charge in [0.2, 0.25) is 17.7 Å². The van der Waals surface area contributed by atoms with Gasteiger partial charge in [-0.25, -0.2) is 0 Å². The first-order valence-corrected chi connectivity index (χ1v) is 22.8. The Hall–Kier alpha value is -4.53. The minimum Gasteiger partial charge on any atom is -0.508 e. The fourth-order valence-corrected chi connectivity index (χ4v) is 8.83. The smallest absolute Gasteiger partial charge is 0.232 e. The van der Waals surface area contributed by atoms with Crippen LogP contribution in [0.25, 0.3) is 0 Å². The number of carbonyl (C=O) groups excluding carboxylic acids is 3. The first-order valence-electron chi connectivity index (χ1n) is 22.8. The molecule has 0 saturated carbocycles. The molecular weight excluding hydrogens is 787 g/mol. The molecule has 0 spiro atoms. The normalized spacial score (nSPS) is 16.2. The van der Waals surface area contributed by atoms with Crippen molar-refractivity contribution >= 4 is 17.7 Å². The van der Waals surface area contributed by atoms with Crippen molar-refractivity contribution in [2.75, 3.05) is 20.0 Å². The maximum absolute atomic E-state index is 15.4. The maximum atomic E-state index is 15.4. The van der Waals surface area contributed by atoms with E-state index < -0.39 is 17.8 Å². The summed E-state index contributed by atoms with van der Waals surface area (Å²) in [4.78, 5) is 51.2. The van der Waals surface area contributed by atoms with Gasteiger partial charge >= 0.3 is 0 Å². The molecule has 4 rings (SSSR count). The van der Waals surface area contributed by atoms with Gasteiger partial charge in [0.15, 0.2) is 0 Å². The van der Waals surface area contributed by atoms with E-state index in [0.29, 0.717) is 19.3 Å². The lowest BCUT2D eigenvalue weighted by molar-refractivity contribution is -0.161.